The molecule has 1 aliphatic rings. The summed E-state index contributed by atoms with van der Waals surface area (Å²) >= 11 is 0. The van der Waals surface area contributed by atoms with Gasteiger partial charge in [-0.2, -0.15) is 5.10 Å². The Labute approximate surface area is 109 Å². The number of hydrogen-bond donors (Lipinski definition) is 1. The minimum absolute atomic E-state index is 0.169. The molecule has 1 saturated carbocycles. The molecular formula is C13H24N4O. The van der Waals surface area contributed by atoms with Crippen molar-refractivity contribution in [2.24, 2.45) is 5.73 Å². The van der Waals surface area contributed by atoms with Gasteiger partial charge in [-0.25, -0.2) is 9.67 Å². The zero-order valence-corrected chi connectivity index (χ0v) is 11.4. The van der Waals surface area contributed by atoms with E-state index in [4.69, 9.17) is 10.5 Å². The number of ether oxygens (including phenoxy) is 1. The number of aromatic nitrogens is 3. The first-order valence-corrected chi connectivity index (χ1v) is 6.94. The molecule has 2 atom stereocenters. The van der Waals surface area contributed by atoms with E-state index in [-0.39, 0.29) is 12.1 Å². The Kier molecular flexibility index (Phi) is 4.72. The van der Waals surface area contributed by atoms with Crippen molar-refractivity contribution in [2.45, 2.75) is 70.7 Å². The molecule has 1 aromatic heterocycles. The molecule has 102 valence electrons. The predicted molar refractivity (Wildman–Crippen MR) is 70.0 cm³/mol. The molecule has 0 aliphatic heterocycles. The standard InChI is InChI=1S/C13H24N4O/c1-10(2)17-13(15-9-16-17)8-18-12-7-5-3-4-6-11(12)14/h9-12H,3-8,14H2,1-2H3. The zero-order valence-electron chi connectivity index (χ0n) is 11.4. The van der Waals surface area contributed by atoms with Crippen LogP contribution in [0.15, 0.2) is 6.33 Å². The lowest BCUT2D eigenvalue weighted by Gasteiger charge is -2.22. The maximum absolute atomic E-state index is 6.15. The van der Waals surface area contributed by atoms with Crippen molar-refractivity contribution in [1.82, 2.24) is 14.8 Å². The van der Waals surface area contributed by atoms with Crippen LogP contribution in [0.2, 0.25) is 0 Å². The van der Waals surface area contributed by atoms with Crippen molar-refractivity contribution in [3.63, 3.8) is 0 Å². The second-order valence-electron chi connectivity index (χ2n) is 5.37. The quantitative estimate of drug-likeness (QED) is 0.833. The van der Waals surface area contributed by atoms with Gasteiger partial charge in [0.05, 0.1) is 6.10 Å². The summed E-state index contributed by atoms with van der Waals surface area (Å²) in [7, 11) is 0. The summed E-state index contributed by atoms with van der Waals surface area (Å²) in [6.45, 7) is 4.70. The summed E-state index contributed by atoms with van der Waals surface area (Å²) in [6.07, 6.45) is 7.61. The Morgan fingerprint density at radius 3 is 2.94 bits per heavy atom. The molecule has 1 aromatic rings. The van der Waals surface area contributed by atoms with E-state index in [1.807, 2.05) is 4.68 Å². The first kappa shape index (κ1) is 13.5. The fourth-order valence-electron chi connectivity index (χ4n) is 2.50. The Morgan fingerprint density at radius 2 is 2.17 bits per heavy atom. The van der Waals surface area contributed by atoms with Crippen molar-refractivity contribution >= 4 is 0 Å². The van der Waals surface area contributed by atoms with Crippen LogP contribution in [0.4, 0.5) is 0 Å². The minimum atomic E-state index is 0.169. The van der Waals surface area contributed by atoms with E-state index in [1.165, 1.54) is 19.3 Å². The van der Waals surface area contributed by atoms with Crippen LogP contribution >= 0.6 is 0 Å². The number of nitrogens with zero attached hydrogens (tertiary/aromatic N) is 3. The summed E-state index contributed by atoms with van der Waals surface area (Å²) in [5.74, 6) is 0.890. The maximum Gasteiger partial charge on any atom is 0.153 e. The minimum Gasteiger partial charge on any atom is -0.369 e. The van der Waals surface area contributed by atoms with Crippen LogP contribution in [0.1, 0.15) is 57.8 Å². The van der Waals surface area contributed by atoms with Crippen molar-refractivity contribution in [2.75, 3.05) is 0 Å². The Hall–Kier alpha value is -0.940. The van der Waals surface area contributed by atoms with Crippen LogP contribution < -0.4 is 5.73 Å². The molecule has 2 N–H and O–H groups in total. The van der Waals surface area contributed by atoms with Crippen molar-refractivity contribution < 1.29 is 4.74 Å². The molecule has 0 bridgehead atoms. The van der Waals surface area contributed by atoms with Gasteiger partial charge in [0, 0.05) is 12.1 Å². The molecule has 1 heterocycles. The summed E-state index contributed by atoms with van der Waals surface area (Å²) in [4.78, 5) is 4.26. The maximum atomic E-state index is 6.15. The molecule has 1 fully saturated rings. The molecule has 1 aliphatic carbocycles. The van der Waals surface area contributed by atoms with E-state index in [9.17, 15) is 0 Å². The SMILES string of the molecule is CC(C)n1ncnc1COC1CCCCCC1N. The molecule has 0 saturated heterocycles. The van der Waals surface area contributed by atoms with Gasteiger partial charge in [0.15, 0.2) is 5.82 Å². The smallest absolute Gasteiger partial charge is 0.153 e. The van der Waals surface area contributed by atoms with E-state index in [2.05, 4.69) is 23.9 Å². The largest absolute Gasteiger partial charge is 0.369 e. The zero-order chi connectivity index (χ0) is 13.0. The van der Waals surface area contributed by atoms with Crippen LogP contribution in [0, 0.1) is 0 Å². The van der Waals surface area contributed by atoms with Crippen LogP contribution in [-0.4, -0.2) is 26.9 Å². The summed E-state index contributed by atoms with van der Waals surface area (Å²) < 4.78 is 7.87. The van der Waals surface area contributed by atoms with Crippen LogP contribution in [0.3, 0.4) is 0 Å². The molecule has 2 unspecified atom stereocenters. The Balaban J connectivity index is 1.91. The normalized spacial score (nSPS) is 25.3. The molecule has 2 rings (SSSR count). The molecule has 0 spiro atoms. The second-order valence-corrected chi connectivity index (χ2v) is 5.37. The van der Waals surface area contributed by atoms with Gasteiger partial charge in [-0.1, -0.05) is 19.3 Å². The molecular weight excluding hydrogens is 228 g/mol. The highest BCUT2D eigenvalue weighted by molar-refractivity contribution is 4.85. The fourth-order valence-corrected chi connectivity index (χ4v) is 2.50. The fraction of sp³-hybridized carbons (Fsp3) is 0.846. The van der Waals surface area contributed by atoms with E-state index >= 15 is 0 Å². The van der Waals surface area contributed by atoms with Gasteiger partial charge in [0.2, 0.25) is 0 Å². The van der Waals surface area contributed by atoms with Gasteiger partial charge in [0.1, 0.15) is 12.9 Å². The first-order valence-electron chi connectivity index (χ1n) is 6.94. The van der Waals surface area contributed by atoms with Crippen LogP contribution in [-0.2, 0) is 11.3 Å². The third-order valence-corrected chi connectivity index (χ3v) is 3.57. The highest BCUT2D eigenvalue weighted by Gasteiger charge is 2.21. The van der Waals surface area contributed by atoms with Crippen LogP contribution in [0.25, 0.3) is 0 Å². The van der Waals surface area contributed by atoms with E-state index in [0.29, 0.717) is 12.6 Å². The average molecular weight is 252 g/mol. The molecule has 0 radical (unpaired) electrons. The van der Waals surface area contributed by atoms with Gasteiger partial charge < -0.3 is 10.5 Å². The van der Waals surface area contributed by atoms with Gasteiger partial charge >= 0.3 is 0 Å². The van der Waals surface area contributed by atoms with Gasteiger partial charge in [0.25, 0.3) is 0 Å². The number of hydrogen-bond acceptors (Lipinski definition) is 4. The predicted octanol–water partition coefficient (Wildman–Crippen LogP) is 2.04. The third kappa shape index (κ3) is 3.29. The summed E-state index contributed by atoms with van der Waals surface area (Å²) in [5.41, 5.74) is 6.15. The second kappa shape index (κ2) is 6.29. The van der Waals surface area contributed by atoms with E-state index in [1.54, 1.807) is 6.33 Å². The number of rotatable bonds is 4. The summed E-state index contributed by atoms with van der Waals surface area (Å²) in [6, 6.07) is 0.483. The molecule has 18 heavy (non-hydrogen) atoms. The highest BCUT2D eigenvalue weighted by Crippen LogP contribution is 2.20. The van der Waals surface area contributed by atoms with Gasteiger partial charge in [-0.05, 0) is 26.7 Å². The molecule has 5 nitrogen and oxygen atoms in total. The van der Waals surface area contributed by atoms with Crippen molar-refractivity contribution in [3.05, 3.63) is 12.2 Å². The van der Waals surface area contributed by atoms with Crippen LogP contribution in [0.5, 0.6) is 0 Å². The lowest BCUT2D eigenvalue weighted by molar-refractivity contribution is 0.0138. The molecule has 0 aromatic carbocycles. The summed E-state index contributed by atoms with van der Waals surface area (Å²) in [5, 5.41) is 4.21. The molecule has 5 heteroatoms. The highest BCUT2D eigenvalue weighted by atomic mass is 16.5. The van der Waals surface area contributed by atoms with E-state index < -0.39 is 0 Å². The van der Waals surface area contributed by atoms with Gasteiger partial charge in [-0.3, -0.25) is 0 Å². The van der Waals surface area contributed by atoms with E-state index in [0.717, 1.165) is 18.7 Å². The first-order chi connectivity index (χ1) is 8.68. The Morgan fingerprint density at radius 1 is 1.39 bits per heavy atom. The molecule has 0 amide bonds. The van der Waals surface area contributed by atoms with Crippen molar-refractivity contribution in [3.8, 4) is 0 Å². The lowest BCUT2D eigenvalue weighted by atomic mass is 10.1. The monoisotopic (exact) mass is 252 g/mol. The lowest BCUT2D eigenvalue weighted by Crippen LogP contribution is -2.35. The third-order valence-electron chi connectivity index (χ3n) is 3.57. The topological polar surface area (TPSA) is 66.0 Å². The van der Waals surface area contributed by atoms with Gasteiger partial charge in [-0.15, -0.1) is 0 Å². The number of nitrogens with two attached hydrogens (primary N) is 1. The average Bonchev–Trinajstić information content (AvgIpc) is 2.71. The Bertz CT molecular complexity index is 364. The van der Waals surface area contributed by atoms with Crippen molar-refractivity contribution in [1.29, 1.82) is 0 Å².